The lowest BCUT2D eigenvalue weighted by molar-refractivity contribution is -0.122. The lowest BCUT2D eigenvalue weighted by atomic mass is 10.2. The largest absolute Gasteiger partial charge is 0.326 e. The highest BCUT2D eigenvalue weighted by Crippen LogP contribution is 2.28. The van der Waals surface area contributed by atoms with E-state index in [0.29, 0.717) is 10.8 Å². The number of fused-ring (bicyclic) bond motifs is 1. The van der Waals surface area contributed by atoms with Crippen molar-refractivity contribution in [2.45, 2.75) is 20.8 Å². The summed E-state index contributed by atoms with van der Waals surface area (Å²) in [5.41, 5.74) is 1.51. The zero-order chi connectivity index (χ0) is 16.3. The summed E-state index contributed by atoms with van der Waals surface area (Å²) in [6.07, 6.45) is 0. The third kappa shape index (κ3) is 4.22. The zero-order valence-electron chi connectivity index (χ0n) is 12.4. The van der Waals surface area contributed by atoms with E-state index >= 15 is 0 Å². The number of hydrogen-bond donors (Lipinski definition) is 3. The second-order valence-corrected chi connectivity index (χ2v) is 6.42. The molecule has 116 valence electrons. The van der Waals surface area contributed by atoms with Crippen LogP contribution in [0.3, 0.4) is 0 Å². The molecule has 2 aromatic rings. The third-order valence-electron chi connectivity index (χ3n) is 2.69. The van der Waals surface area contributed by atoms with Crippen molar-refractivity contribution in [2.75, 3.05) is 10.6 Å². The van der Waals surface area contributed by atoms with Crippen molar-refractivity contribution >= 4 is 61.5 Å². The number of nitrogens with one attached hydrogen (secondary N) is 3. The van der Waals surface area contributed by atoms with Gasteiger partial charge in [0.1, 0.15) is 0 Å². The first kappa shape index (κ1) is 16.3. The van der Waals surface area contributed by atoms with Crippen molar-refractivity contribution < 1.29 is 9.59 Å². The molecular weight excluding hydrogens is 320 g/mol. The Kier molecular flexibility index (Phi) is 5.04. The van der Waals surface area contributed by atoms with E-state index in [-0.39, 0.29) is 22.8 Å². The summed E-state index contributed by atoms with van der Waals surface area (Å²) in [5, 5.41) is 9.03. The SMILES string of the molecule is CC(=O)Nc1ccc2nc(NC(=S)NC(=O)C(C)C)sc2c1. The minimum atomic E-state index is -0.147. The summed E-state index contributed by atoms with van der Waals surface area (Å²) < 4.78 is 0.909. The van der Waals surface area contributed by atoms with Gasteiger partial charge in [-0.1, -0.05) is 25.2 Å². The van der Waals surface area contributed by atoms with Crippen molar-refractivity contribution in [2.24, 2.45) is 5.92 Å². The van der Waals surface area contributed by atoms with Crippen LogP contribution in [0, 0.1) is 5.92 Å². The lowest BCUT2D eigenvalue weighted by Gasteiger charge is -2.08. The number of thiazole rings is 1. The van der Waals surface area contributed by atoms with E-state index in [0.717, 1.165) is 10.2 Å². The molecule has 0 spiro atoms. The van der Waals surface area contributed by atoms with E-state index in [4.69, 9.17) is 12.2 Å². The quantitative estimate of drug-likeness (QED) is 0.751. The number of thiocarbonyl (C=S) groups is 1. The van der Waals surface area contributed by atoms with Gasteiger partial charge in [-0.05, 0) is 30.4 Å². The molecule has 22 heavy (non-hydrogen) atoms. The molecular formula is C14H16N4O2S2. The lowest BCUT2D eigenvalue weighted by Crippen LogP contribution is -2.36. The van der Waals surface area contributed by atoms with E-state index in [1.165, 1.54) is 18.3 Å². The second kappa shape index (κ2) is 6.80. The van der Waals surface area contributed by atoms with Gasteiger partial charge in [-0.15, -0.1) is 0 Å². The van der Waals surface area contributed by atoms with Gasteiger partial charge in [0.15, 0.2) is 10.2 Å². The van der Waals surface area contributed by atoms with Crippen LogP contribution in [0.2, 0.25) is 0 Å². The van der Waals surface area contributed by atoms with E-state index in [1.54, 1.807) is 19.9 Å². The first-order chi connectivity index (χ1) is 10.3. The van der Waals surface area contributed by atoms with Crippen LogP contribution < -0.4 is 16.0 Å². The maximum Gasteiger partial charge on any atom is 0.228 e. The van der Waals surface area contributed by atoms with Gasteiger partial charge in [0.25, 0.3) is 0 Å². The Morgan fingerprint density at radius 1 is 1.27 bits per heavy atom. The fourth-order valence-electron chi connectivity index (χ4n) is 1.64. The number of benzene rings is 1. The Hall–Kier alpha value is -2.06. The molecule has 0 fully saturated rings. The first-order valence-corrected chi connectivity index (χ1v) is 7.87. The minimum Gasteiger partial charge on any atom is -0.326 e. The monoisotopic (exact) mass is 336 g/mol. The van der Waals surface area contributed by atoms with Crippen LogP contribution in [0.25, 0.3) is 10.2 Å². The van der Waals surface area contributed by atoms with Gasteiger partial charge in [0.2, 0.25) is 11.8 Å². The van der Waals surface area contributed by atoms with Gasteiger partial charge in [0.05, 0.1) is 10.2 Å². The van der Waals surface area contributed by atoms with Crippen molar-refractivity contribution in [3.63, 3.8) is 0 Å². The number of aromatic nitrogens is 1. The molecule has 8 heteroatoms. The standard InChI is InChI=1S/C14H16N4O2S2/c1-7(2)12(20)17-13(21)18-14-16-10-5-4-9(15-8(3)19)6-11(10)22-14/h4-7H,1-3H3,(H,15,19)(H2,16,17,18,20,21). The van der Waals surface area contributed by atoms with Crippen LogP contribution in [0.15, 0.2) is 18.2 Å². The molecule has 3 N–H and O–H groups in total. The van der Waals surface area contributed by atoms with E-state index in [2.05, 4.69) is 20.9 Å². The molecule has 0 unspecified atom stereocenters. The zero-order valence-corrected chi connectivity index (χ0v) is 14.0. The van der Waals surface area contributed by atoms with Gasteiger partial charge in [-0.25, -0.2) is 4.98 Å². The molecule has 0 bridgehead atoms. The number of hydrogen-bond acceptors (Lipinski definition) is 5. The Labute approximate surface area is 137 Å². The van der Waals surface area contributed by atoms with Crippen LogP contribution in [0.1, 0.15) is 20.8 Å². The fourth-order valence-corrected chi connectivity index (χ4v) is 2.82. The molecule has 2 amide bonds. The smallest absolute Gasteiger partial charge is 0.228 e. The predicted molar refractivity (Wildman–Crippen MR) is 93.1 cm³/mol. The van der Waals surface area contributed by atoms with E-state index in [1.807, 2.05) is 12.1 Å². The molecule has 1 heterocycles. The Bertz CT molecular complexity index is 740. The predicted octanol–water partition coefficient (Wildman–Crippen LogP) is 2.72. The van der Waals surface area contributed by atoms with Gasteiger partial charge in [-0.3, -0.25) is 9.59 Å². The number of nitrogens with zero attached hydrogens (tertiary/aromatic N) is 1. The van der Waals surface area contributed by atoms with Crippen molar-refractivity contribution in [3.8, 4) is 0 Å². The summed E-state index contributed by atoms with van der Waals surface area (Å²) >= 11 is 6.48. The maximum atomic E-state index is 11.6. The molecule has 0 saturated carbocycles. The van der Waals surface area contributed by atoms with Crippen molar-refractivity contribution in [3.05, 3.63) is 18.2 Å². The molecule has 1 aromatic heterocycles. The highest BCUT2D eigenvalue weighted by molar-refractivity contribution is 7.80. The van der Waals surface area contributed by atoms with E-state index < -0.39 is 0 Å². The maximum absolute atomic E-state index is 11.6. The number of anilines is 2. The van der Waals surface area contributed by atoms with Gasteiger partial charge < -0.3 is 16.0 Å². The molecule has 0 aliphatic heterocycles. The van der Waals surface area contributed by atoms with Gasteiger partial charge in [-0.2, -0.15) is 0 Å². The van der Waals surface area contributed by atoms with Crippen molar-refractivity contribution in [1.82, 2.24) is 10.3 Å². The highest BCUT2D eigenvalue weighted by Gasteiger charge is 2.11. The van der Waals surface area contributed by atoms with Gasteiger partial charge in [0, 0.05) is 18.5 Å². The van der Waals surface area contributed by atoms with Crippen LogP contribution >= 0.6 is 23.6 Å². The number of amides is 2. The summed E-state index contributed by atoms with van der Waals surface area (Å²) in [6, 6.07) is 5.44. The number of carbonyl (C=O) groups is 2. The fraction of sp³-hybridized carbons (Fsp3) is 0.286. The molecule has 2 rings (SSSR count). The average Bonchev–Trinajstić information content (AvgIpc) is 2.78. The molecule has 1 aromatic carbocycles. The Morgan fingerprint density at radius 2 is 2.00 bits per heavy atom. The molecule has 0 atom stereocenters. The van der Waals surface area contributed by atoms with Crippen molar-refractivity contribution in [1.29, 1.82) is 0 Å². The topological polar surface area (TPSA) is 83.1 Å². The van der Waals surface area contributed by atoms with Crippen LogP contribution in [-0.2, 0) is 9.59 Å². The summed E-state index contributed by atoms with van der Waals surface area (Å²) in [6.45, 7) is 5.04. The number of carbonyl (C=O) groups excluding carboxylic acids is 2. The molecule has 0 saturated heterocycles. The van der Waals surface area contributed by atoms with Crippen LogP contribution in [0.4, 0.5) is 10.8 Å². The average molecular weight is 336 g/mol. The molecule has 0 aliphatic carbocycles. The normalized spacial score (nSPS) is 10.5. The van der Waals surface area contributed by atoms with Crippen LogP contribution in [-0.4, -0.2) is 21.9 Å². The summed E-state index contributed by atoms with van der Waals surface area (Å²) in [5.74, 6) is -0.415. The molecule has 0 aliphatic rings. The first-order valence-electron chi connectivity index (χ1n) is 6.65. The van der Waals surface area contributed by atoms with Crippen LogP contribution in [0.5, 0.6) is 0 Å². The Balaban J connectivity index is 2.11. The minimum absolute atomic E-state index is 0.125. The molecule has 6 nitrogen and oxygen atoms in total. The summed E-state index contributed by atoms with van der Waals surface area (Å²) in [4.78, 5) is 27.0. The highest BCUT2D eigenvalue weighted by atomic mass is 32.1. The van der Waals surface area contributed by atoms with E-state index in [9.17, 15) is 9.59 Å². The number of rotatable bonds is 3. The molecule has 0 radical (unpaired) electrons. The third-order valence-corrected chi connectivity index (χ3v) is 3.83. The summed E-state index contributed by atoms with van der Waals surface area (Å²) in [7, 11) is 0. The van der Waals surface area contributed by atoms with Gasteiger partial charge >= 0.3 is 0 Å². The Morgan fingerprint density at radius 3 is 2.64 bits per heavy atom. The second-order valence-electron chi connectivity index (χ2n) is 4.98.